The number of nitrogens with zero attached hydrogens (tertiary/aromatic N) is 1. The van der Waals surface area contributed by atoms with Crippen LogP contribution in [0.3, 0.4) is 0 Å². The topological polar surface area (TPSA) is 75.1 Å². The van der Waals surface area contributed by atoms with Crippen LogP contribution in [0.2, 0.25) is 0 Å². The van der Waals surface area contributed by atoms with Crippen LogP contribution in [-0.4, -0.2) is 14.7 Å². The Morgan fingerprint density at radius 1 is 1.36 bits per heavy atom. The summed E-state index contributed by atoms with van der Waals surface area (Å²) < 4.78 is 0.919. The lowest BCUT2D eigenvalue weighted by Crippen LogP contribution is -2.32. The van der Waals surface area contributed by atoms with Crippen molar-refractivity contribution in [2.75, 3.05) is 0 Å². The first-order valence-corrected chi connectivity index (χ1v) is 4.02. The van der Waals surface area contributed by atoms with E-state index in [1.54, 1.807) is 12.1 Å². The van der Waals surface area contributed by atoms with Crippen molar-refractivity contribution < 1.29 is 5.11 Å². The summed E-state index contributed by atoms with van der Waals surface area (Å²) in [4.78, 5) is 25.2. The van der Waals surface area contributed by atoms with Gasteiger partial charge in [-0.1, -0.05) is 6.07 Å². The molecular weight excluding hydrogens is 184 g/mol. The number of fused-ring (bicyclic) bond motifs is 1. The highest BCUT2D eigenvalue weighted by molar-refractivity contribution is 5.83. The maximum Gasteiger partial charge on any atom is 0.328 e. The van der Waals surface area contributed by atoms with Crippen molar-refractivity contribution in [2.24, 2.45) is 7.05 Å². The first kappa shape index (κ1) is 8.55. The van der Waals surface area contributed by atoms with E-state index in [2.05, 4.69) is 4.98 Å². The van der Waals surface area contributed by atoms with Gasteiger partial charge in [0.05, 0.1) is 5.52 Å². The number of aromatic amines is 1. The third kappa shape index (κ3) is 1.02. The van der Waals surface area contributed by atoms with Gasteiger partial charge in [0, 0.05) is 7.05 Å². The molecule has 0 bridgehead atoms. The Bertz CT molecular complexity index is 609. The molecule has 0 aliphatic carbocycles. The van der Waals surface area contributed by atoms with Crippen LogP contribution in [0, 0.1) is 0 Å². The lowest BCUT2D eigenvalue weighted by atomic mass is 10.2. The van der Waals surface area contributed by atoms with Crippen molar-refractivity contribution in [2.45, 2.75) is 0 Å². The molecule has 14 heavy (non-hydrogen) atoms. The fraction of sp³-hybridized carbons (Fsp3) is 0.111. The highest BCUT2D eigenvalue weighted by Gasteiger charge is 2.07. The zero-order chi connectivity index (χ0) is 10.3. The van der Waals surface area contributed by atoms with Gasteiger partial charge in [-0.05, 0) is 12.1 Å². The molecule has 2 rings (SSSR count). The van der Waals surface area contributed by atoms with Gasteiger partial charge in [0.2, 0.25) is 0 Å². The fourth-order valence-corrected chi connectivity index (χ4v) is 1.33. The van der Waals surface area contributed by atoms with Gasteiger partial charge in [-0.25, -0.2) is 4.79 Å². The SMILES string of the molecule is Cn1c(=O)[nH]c2cccc(O)c2c1=O. The molecule has 5 nitrogen and oxygen atoms in total. The average molecular weight is 192 g/mol. The number of hydrogen-bond acceptors (Lipinski definition) is 3. The summed E-state index contributed by atoms with van der Waals surface area (Å²) >= 11 is 0. The van der Waals surface area contributed by atoms with Crippen molar-refractivity contribution in [3.63, 3.8) is 0 Å². The van der Waals surface area contributed by atoms with Crippen molar-refractivity contribution in [3.8, 4) is 5.75 Å². The Morgan fingerprint density at radius 3 is 2.79 bits per heavy atom. The first-order chi connectivity index (χ1) is 6.61. The van der Waals surface area contributed by atoms with Crippen molar-refractivity contribution in [3.05, 3.63) is 39.0 Å². The maximum atomic E-state index is 11.6. The van der Waals surface area contributed by atoms with Crippen molar-refractivity contribution >= 4 is 10.9 Å². The molecule has 0 fully saturated rings. The summed E-state index contributed by atoms with van der Waals surface area (Å²) in [7, 11) is 1.35. The molecule has 72 valence electrons. The van der Waals surface area contributed by atoms with E-state index in [4.69, 9.17) is 0 Å². The van der Waals surface area contributed by atoms with E-state index in [0.717, 1.165) is 4.57 Å². The molecule has 2 aromatic rings. The van der Waals surface area contributed by atoms with Gasteiger partial charge >= 0.3 is 5.69 Å². The third-order valence-electron chi connectivity index (χ3n) is 2.11. The molecule has 0 saturated heterocycles. The number of nitrogens with one attached hydrogen (secondary N) is 1. The molecule has 0 atom stereocenters. The van der Waals surface area contributed by atoms with E-state index in [9.17, 15) is 14.7 Å². The zero-order valence-electron chi connectivity index (χ0n) is 7.44. The lowest BCUT2D eigenvalue weighted by molar-refractivity contribution is 0.480. The van der Waals surface area contributed by atoms with Crippen LogP contribution < -0.4 is 11.2 Å². The normalized spacial score (nSPS) is 10.6. The second-order valence-corrected chi connectivity index (χ2v) is 2.99. The molecule has 1 aromatic carbocycles. The largest absolute Gasteiger partial charge is 0.507 e. The number of phenols is 1. The van der Waals surface area contributed by atoms with Gasteiger partial charge in [0.1, 0.15) is 11.1 Å². The van der Waals surface area contributed by atoms with E-state index < -0.39 is 11.2 Å². The zero-order valence-corrected chi connectivity index (χ0v) is 7.44. The van der Waals surface area contributed by atoms with Crippen molar-refractivity contribution in [1.29, 1.82) is 0 Å². The molecule has 0 aliphatic rings. The quantitative estimate of drug-likeness (QED) is 0.613. The van der Waals surface area contributed by atoms with E-state index >= 15 is 0 Å². The molecule has 0 saturated carbocycles. The van der Waals surface area contributed by atoms with Crippen LogP contribution in [0.25, 0.3) is 10.9 Å². The van der Waals surface area contributed by atoms with Crippen LogP contribution in [0.15, 0.2) is 27.8 Å². The highest BCUT2D eigenvalue weighted by atomic mass is 16.3. The molecule has 0 aliphatic heterocycles. The Labute approximate surface area is 78.2 Å². The van der Waals surface area contributed by atoms with Crippen molar-refractivity contribution in [1.82, 2.24) is 9.55 Å². The number of rotatable bonds is 0. The highest BCUT2D eigenvalue weighted by Crippen LogP contribution is 2.17. The number of aromatic nitrogens is 2. The summed E-state index contributed by atoms with van der Waals surface area (Å²) in [6.45, 7) is 0. The Balaban J connectivity index is 3.15. The first-order valence-electron chi connectivity index (χ1n) is 4.02. The van der Waals surface area contributed by atoms with Gasteiger partial charge in [-0.3, -0.25) is 9.36 Å². The van der Waals surface area contributed by atoms with Gasteiger partial charge < -0.3 is 10.1 Å². The Hall–Kier alpha value is -2.04. The van der Waals surface area contributed by atoms with Crippen LogP contribution in [0.5, 0.6) is 5.75 Å². The second kappa shape index (κ2) is 2.73. The van der Waals surface area contributed by atoms with Gasteiger partial charge in [0.25, 0.3) is 5.56 Å². The number of H-pyrrole nitrogens is 1. The molecule has 0 radical (unpaired) electrons. The molecule has 1 heterocycles. The predicted molar refractivity (Wildman–Crippen MR) is 51.5 cm³/mol. The molecule has 1 aromatic heterocycles. The molecule has 0 unspecified atom stereocenters. The molecule has 0 amide bonds. The summed E-state index contributed by atoms with van der Waals surface area (Å²) in [5.74, 6) is -0.126. The van der Waals surface area contributed by atoms with Crippen LogP contribution in [-0.2, 0) is 7.05 Å². The second-order valence-electron chi connectivity index (χ2n) is 2.99. The lowest BCUT2D eigenvalue weighted by Gasteiger charge is -2.01. The van der Waals surface area contributed by atoms with E-state index in [1.165, 1.54) is 13.1 Å². The molecular formula is C9H8N2O3. The fourth-order valence-electron chi connectivity index (χ4n) is 1.33. The van der Waals surface area contributed by atoms with E-state index in [1.807, 2.05) is 0 Å². The van der Waals surface area contributed by atoms with E-state index in [0.29, 0.717) is 5.52 Å². The Kier molecular flexibility index (Phi) is 1.67. The number of benzene rings is 1. The monoisotopic (exact) mass is 192 g/mol. The third-order valence-corrected chi connectivity index (χ3v) is 2.11. The minimum Gasteiger partial charge on any atom is -0.507 e. The smallest absolute Gasteiger partial charge is 0.328 e. The number of phenolic OH excluding ortho intramolecular Hbond substituents is 1. The molecule has 0 spiro atoms. The summed E-state index contributed by atoms with van der Waals surface area (Å²) in [6, 6.07) is 4.53. The van der Waals surface area contributed by atoms with Gasteiger partial charge in [-0.15, -0.1) is 0 Å². The minimum absolute atomic E-state index is 0.126. The van der Waals surface area contributed by atoms with Gasteiger partial charge in [0.15, 0.2) is 0 Å². The van der Waals surface area contributed by atoms with Crippen LogP contribution in [0.4, 0.5) is 0 Å². The standard InChI is InChI=1S/C9H8N2O3/c1-11-8(13)7-5(10-9(11)14)3-2-4-6(7)12/h2-4,12H,1H3,(H,10,14). The predicted octanol–water partition coefficient (Wildman–Crippen LogP) is -0.0676. The average Bonchev–Trinajstić information content (AvgIpc) is 2.14. The maximum absolute atomic E-state index is 11.6. The summed E-state index contributed by atoms with van der Waals surface area (Å²) in [5.41, 5.74) is -0.645. The van der Waals surface area contributed by atoms with Crippen LogP contribution in [0.1, 0.15) is 0 Å². The van der Waals surface area contributed by atoms with Crippen LogP contribution >= 0.6 is 0 Å². The minimum atomic E-state index is -0.498. The summed E-state index contributed by atoms with van der Waals surface area (Å²) in [6.07, 6.45) is 0. The van der Waals surface area contributed by atoms with E-state index in [-0.39, 0.29) is 11.1 Å². The molecule has 2 N–H and O–H groups in total. The summed E-state index contributed by atoms with van der Waals surface area (Å²) in [5, 5.41) is 9.57. The Morgan fingerprint density at radius 2 is 2.07 bits per heavy atom. The molecule has 5 heteroatoms. The number of hydrogen-bond donors (Lipinski definition) is 2. The number of aromatic hydroxyl groups is 1. The van der Waals surface area contributed by atoms with Gasteiger partial charge in [-0.2, -0.15) is 0 Å².